The van der Waals surface area contributed by atoms with Gasteiger partial charge in [0, 0.05) is 23.7 Å². The highest BCUT2D eigenvalue weighted by atomic mass is 35.5. The van der Waals surface area contributed by atoms with Crippen LogP contribution in [0.25, 0.3) is 0 Å². The minimum absolute atomic E-state index is 0.0304. The zero-order valence-electron chi connectivity index (χ0n) is 22.9. The Bertz CT molecular complexity index is 1350. The molecule has 0 spiro atoms. The van der Waals surface area contributed by atoms with Crippen LogP contribution in [-0.4, -0.2) is 59.6 Å². The molecule has 0 aromatic heterocycles. The van der Waals surface area contributed by atoms with Crippen molar-refractivity contribution < 1.29 is 41.4 Å². The van der Waals surface area contributed by atoms with E-state index < -0.39 is 59.1 Å². The highest BCUT2D eigenvalue weighted by Crippen LogP contribution is 2.35. The van der Waals surface area contributed by atoms with E-state index in [0.29, 0.717) is 17.2 Å². The topological polar surface area (TPSA) is 88.2 Å². The van der Waals surface area contributed by atoms with E-state index in [4.69, 9.17) is 21.1 Å². The maximum atomic E-state index is 13.9. The molecule has 2 aromatic rings. The van der Waals surface area contributed by atoms with Gasteiger partial charge < -0.3 is 19.7 Å². The van der Waals surface area contributed by atoms with Crippen LogP contribution in [-0.2, 0) is 38.3 Å². The molecular weight excluding hydrogens is 570 g/mol. The van der Waals surface area contributed by atoms with E-state index in [0.717, 1.165) is 24.3 Å². The number of anilines is 1. The molecule has 4 rings (SSSR count). The summed E-state index contributed by atoms with van der Waals surface area (Å²) in [6, 6.07) is 5.50. The van der Waals surface area contributed by atoms with Crippen molar-refractivity contribution in [1.29, 1.82) is 0 Å². The standard InChI is InChI=1S/C28H30ClF4N3O5/c1-27(2,3)23(34-16-8-9-21(30)19(10-16)28(31,32)33)24(37)36-13-17(11-22(36)25(38)40-4)41-26(39)35-12-15-6-5-7-20(29)18(15)14-35/h5-10,17,22-23,34H,11-14H2,1-4H3. The van der Waals surface area contributed by atoms with Gasteiger partial charge in [0.1, 0.15) is 24.0 Å². The molecule has 3 atom stereocenters. The van der Waals surface area contributed by atoms with E-state index in [9.17, 15) is 31.9 Å². The lowest BCUT2D eigenvalue weighted by molar-refractivity contribution is -0.151. The largest absolute Gasteiger partial charge is 0.467 e. The van der Waals surface area contributed by atoms with Crippen molar-refractivity contribution in [3.63, 3.8) is 0 Å². The number of nitrogens with one attached hydrogen (secondary N) is 1. The van der Waals surface area contributed by atoms with Crippen molar-refractivity contribution >= 4 is 35.3 Å². The summed E-state index contributed by atoms with van der Waals surface area (Å²) in [6.45, 7) is 5.46. The fraction of sp³-hybridized carbons (Fsp3) is 0.464. The normalized spacial score (nSPS) is 19.5. The van der Waals surface area contributed by atoms with Crippen molar-refractivity contribution in [1.82, 2.24) is 9.80 Å². The first-order chi connectivity index (χ1) is 19.1. The molecule has 0 bridgehead atoms. The van der Waals surface area contributed by atoms with Gasteiger partial charge >= 0.3 is 18.2 Å². The second kappa shape index (κ2) is 11.4. The maximum Gasteiger partial charge on any atom is 0.419 e. The second-order valence-electron chi connectivity index (χ2n) is 11.1. The van der Waals surface area contributed by atoms with Crippen LogP contribution >= 0.6 is 11.6 Å². The van der Waals surface area contributed by atoms with Crippen LogP contribution in [0.1, 0.15) is 43.9 Å². The van der Waals surface area contributed by atoms with E-state index in [1.54, 1.807) is 32.9 Å². The lowest BCUT2D eigenvalue weighted by atomic mass is 9.85. The van der Waals surface area contributed by atoms with Gasteiger partial charge in [0.05, 0.1) is 25.8 Å². The smallest absolute Gasteiger partial charge is 0.419 e. The molecule has 2 aliphatic heterocycles. The van der Waals surface area contributed by atoms with Gasteiger partial charge in [-0.1, -0.05) is 44.5 Å². The number of likely N-dealkylation sites (tertiary alicyclic amines) is 1. The van der Waals surface area contributed by atoms with Crippen molar-refractivity contribution in [2.75, 3.05) is 19.0 Å². The van der Waals surface area contributed by atoms with Crippen molar-refractivity contribution in [3.8, 4) is 0 Å². The van der Waals surface area contributed by atoms with Gasteiger partial charge in [-0.3, -0.25) is 9.69 Å². The third kappa shape index (κ3) is 6.52. The SMILES string of the molecule is COC(=O)C1CC(OC(=O)N2Cc3cccc(Cl)c3C2)CN1C(=O)C(Nc1ccc(F)c(C(F)(F)F)c1)C(C)(C)C. The summed E-state index contributed by atoms with van der Waals surface area (Å²) in [5.74, 6) is -2.80. The van der Waals surface area contributed by atoms with Gasteiger partial charge in [-0.2, -0.15) is 13.2 Å². The number of hydrogen-bond donors (Lipinski definition) is 1. The molecule has 0 radical (unpaired) electrons. The van der Waals surface area contributed by atoms with Gasteiger partial charge in [0.15, 0.2) is 0 Å². The zero-order chi connectivity index (χ0) is 30.3. The molecule has 2 heterocycles. The summed E-state index contributed by atoms with van der Waals surface area (Å²) in [6.07, 6.45) is -6.46. The number of carbonyl (C=O) groups is 3. The van der Waals surface area contributed by atoms with Gasteiger partial charge in [-0.05, 0) is 40.8 Å². The number of benzene rings is 2. The van der Waals surface area contributed by atoms with Gasteiger partial charge in [-0.25, -0.2) is 14.0 Å². The van der Waals surface area contributed by atoms with E-state index in [2.05, 4.69) is 5.32 Å². The number of esters is 1. The quantitative estimate of drug-likeness (QED) is 0.355. The predicted octanol–water partition coefficient (Wildman–Crippen LogP) is 5.62. The Kier molecular flexibility index (Phi) is 8.45. The summed E-state index contributed by atoms with van der Waals surface area (Å²) >= 11 is 6.24. The van der Waals surface area contributed by atoms with Crippen molar-refractivity contribution in [3.05, 3.63) is 63.9 Å². The molecule has 3 unspecified atom stereocenters. The van der Waals surface area contributed by atoms with Crippen LogP contribution < -0.4 is 5.32 Å². The zero-order valence-corrected chi connectivity index (χ0v) is 23.6. The van der Waals surface area contributed by atoms with Crippen molar-refractivity contribution in [2.24, 2.45) is 5.41 Å². The number of carbonyl (C=O) groups excluding carboxylic acids is 3. The van der Waals surface area contributed by atoms with Crippen LogP contribution in [0, 0.1) is 11.2 Å². The summed E-state index contributed by atoms with van der Waals surface area (Å²) in [7, 11) is 1.16. The van der Waals surface area contributed by atoms with Crippen LogP contribution in [0.15, 0.2) is 36.4 Å². The molecule has 2 aliphatic rings. The van der Waals surface area contributed by atoms with E-state index in [1.807, 2.05) is 6.07 Å². The van der Waals surface area contributed by atoms with E-state index in [1.165, 1.54) is 9.80 Å². The lowest BCUT2D eigenvalue weighted by Gasteiger charge is -2.35. The average Bonchev–Trinajstić information content (AvgIpc) is 3.51. The van der Waals surface area contributed by atoms with Crippen LogP contribution in [0.4, 0.5) is 28.0 Å². The molecule has 2 amide bonds. The number of ether oxygens (including phenoxy) is 2. The molecule has 41 heavy (non-hydrogen) atoms. The molecule has 1 N–H and O–H groups in total. The fourth-order valence-corrected chi connectivity index (χ4v) is 5.28. The molecule has 8 nitrogen and oxygen atoms in total. The predicted molar refractivity (Wildman–Crippen MR) is 141 cm³/mol. The first-order valence-electron chi connectivity index (χ1n) is 12.8. The highest BCUT2D eigenvalue weighted by Gasteiger charge is 2.47. The monoisotopic (exact) mass is 599 g/mol. The van der Waals surface area contributed by atoms with E-state index in [-0.39, 0.29) is 31.7 Å². The Morgan fingerprint density at radius 1 is 1.10 bits per heavy atom. The Morgan fingerprint density at radius 3 is 2.41 bits per heavy atom. The minimum Gasteiger partial charge on any atom is -0.467 e. The molecule has 222 valence electrons. The van der Waals surface area contributed by atoms with Crippen molar-refractivity contribution in [2.45, 2.75) is 64.6 Å². The van der Waals surface area contributed by atoms with E-state index >= 15 is 0 Å². The third-order valence-electron chi connectivity index (χ3n) is 7.17. The molecular formula is C28H30ClF4N3O5. The lowest BCUT2D eigenvalue weighted by Crippen LogP contribution is -2.53. The second-order valence-corrected chi connectivity index (χ2v) is 11.5. The minimum atomic E-state index is -4.94. The summed E-state index contributed by atoms with van der Waals surface area (Å²) in [5.41, 5.74) is -0.765. The van der Waals surface area contributed by atoms with Gasteiger partial charge in [0.2, 0.25) is 5.91 Å². The number of hydrogen-bond acceptors (Lipinski definition) is 6. The molecule has 0 aliphatic carbocycles. The number of nitrogens with zero attached hydrogens (tertiary/aromatic N) is 2. The first kappa shape index (κ1) is 30.4. The summed E-state index contributed by atoms with van der Waals surface area (Å²) in [4.78, 5) is 42.1. The third-order valence-corrected chi connectivity index (χ3v) is 7.52. The number of alkyl halides is 3. The number of rotatable bonds is 5. The summed E-state index contributed by atoms with van der Waals surface area (Å²) < 4.78 is 64.3. The molecule has 13 heteroatoms. The first-order valence-corrected chi connectivity index (χ1v) is 13.2. The Hall–Kier alpha value is -3.54. The number of amides is 2. The highest BCUT2D eigenvalue weighted by molar-refractivity contribution is 6.31. The molecule has 1 saturated heterocycles. The summed E-state index contributed by atoms with van der Waals surface area (Å²) in [5, 5.41) is 3.32. The van der Waals surface area contributed by atoms with Crippen LogP contribution in [0.5, 0.6) is 0 Å². The van der Waals surface area contributed by atoms with Gasteiger partial charge in [0.25, 0.3) is 0 Å². The fourth-order valence-electron chi connectivity index (χ4n) is 5.03. The Morgan fingerprint density at radius 2 is 1.80 bits per heavy atom. The number of fused-ring (bicyclic) bond motifs is 1. The Balaban J connectivity index is 1.53. The molecule has 0 saturated carbocycles. The number of halogens is 5. The van der Waals surface area contributed by atoms with Crippen LogP contribution in [0.2, 0.25) is 5.02 Å². The average molecular weight is 600 g/mol. The van der Waals surface area contributed by atoms with Crippen LogP contribution in [0.3, 0.4) is 0 Å². The maximum absolute atomic E-state index is 13.9. The molecule has 1 fully saturated rings. The molecule has 2 aromatic carbocycles. The Labute approximate surface area is 239 Å². The number of methoxy groups -OCH3 is 1. The van der Waals surface area contributed by atoms with Gasteiger partial charge in [-0.15, -0.1) is 0 Å².